The van der Waals surface area contributed by atoms with Crippen LogP contribution < -0.4 is 10.1 Å². The van der Waals surface area contributed by atoms with Crippen molar-refractivity contribution in [2.75, 3.05) is 25.0 Å². The van der Waals surface area contributed by atoms with Crippen LogP contribution >= 0.6 is 0 Å². The molecule has 23 heavy (non-hydrogen) atoms. The highest BCUT2D eigenvalue weighted by Crippen LogP contribution is 2.17. The van der Waals surface area contributed by atoms with E-state index in [2.05, 4.69) is 5.32 Å². The van der Waals surface area contributed by atoms with Crippen molar-refractivity contribution in [3.8, 4) is 5.75 Å². The highest BCUT2D eigenvalue weighted by atomic mass is 16.5. The summed E-state index contributed by atoms with van der Waals surface area (Å²) in [5.41, 5.74) is 2.08. The minimum atomic E-state index is 0.173. The molecule has 0 bridgehead atoms. The number of anilines is 1. The number of rotatable bonds is 6. The lowest BCUT2D eigenvalue weighted by Crippen LogP contribution is -2.32. The molecule has 0 atom stereocenters. The van der Waals surface area contributed by atoms with Crippen LogP contribution in [0.1, 0.15) is 18.4 Å². The molecule has 0 aliphatic carbocycles. The third kappa shape index (κ3) is 4.49. The van der Waals surface area contributed by atoms with Crippen molar-refractivity contribution in [3.63, 3.8) is 0 Å². The number of benzene rings is 2. The molecule has 0 unspecified atom stereocenters. The second-order valence-electron chi connectivity index (χ2n) is 5.74. The first-order chi connectivity index (χ1) is 11.3. The van der Waals surface area contributed by atoms with Crippen LogP contribution in [0.2, 0.25) is 0 Å². The van der Waals surface area contributed by atoms with E-state index in [4.69, 9.17) is 4.74 Å². The maximum absolute atomic E-state index is 12.0. The second kappa shape index (κ2) is 7.68. The fourth-order valence-corrected chi connectivity index (χ4v) is 2.67. The molecule has 1 fully saturated rings. The fraction of sp³-hybridized carbons (Fsp3) is 0.316. The molecule has 0 radical (unpaired) electrons. The standard InChI is InChI=1S/C19H22N2O2/c22-19(21-12-4-5-13-21)14-20-17-8-10-18(11-9-17)23-15-16-6-2-1-3-7-16/h1-3,6-11,20H,4-5,12-15H2. The predicted octanol–water partition coefficient (Wildman–Crippen LogP) is 3.30. The van der Waals surface area contributed by atoms with Crippen molar-refractivity contribution in [1.29, 1.82) is 0 Å². The van der Waals surface area contributed by atoms with E-state index < -0.39 is 0 Å². The number of likely N-dealkylation sites (tertiary alicyclic amines) is 1. The third-order valence-corrected chi connectivity index (χ3v) is 4.01. The number of ether oxygens (including phenoxy) is 1. The van der Waals surface area contributed by atoms with Crippen LogP contribution in [0.3, 0.4) is 0 Å². The summed E-state index contributed by atoms with van der Waals surface area (Å²) in [7, 11) is 0. The van der Waals surface area contributed by atoms with Gasteiger partial charge >= 0.3 is 0 Å². The predicted molar refractivity (Wildman–Crippen MR) is 91.5 cm³/mol. The summed E-state index contributed by atoms with van der Waals surface area (Å²) < 4.78 is 5.75. The maximum Gasteiger partial charge on any atom is 0.241 e. The first-order valence-corrected chi connectivity index (χ1v) is 8.10. The van der Waals surface area contributed by atoms with Gasteiger partial charge in [-0.05, 0) is 42.7 Å². The van der Waals surface area contributed by atoms with Gasteiger partial charge in [0.15, 0.2) is 0 Å². The zero-order valence-corrected chi connectivity index (χ0v) is 13.2. The number of carbonyl (C=O) groups excluding carboxylic acids is 1. The van der Waals surface area contributed by atoms with E-state index in [0.717, 1.165) is 42.9 Å². The van der Waals surface area contributed by atoms with E-state index in [1.54, 1.807) is 0 Å². The molecule has 1 aliphatic heterocycles. The summed E-state index contributed by atoms with van der Waals surface area (Å²) in [6.07, 6.45) is 2.25. The minimum Gasteiger partial charge on any atom is -0.489 e. The van der Waals surface area contributed by atoms with Crippen LogP contribution in [0.15, 0.2) is 54.6 Å². The molecule has 2 aromatic carbocycles. The topological polar surface area (TPSA) is 41.6 Å². The molecule has 0 spiro atoms. The molecule has 1 N–H and O–H groups in total. The van der Waals surface area contributed by atoms with Gasteiger partial charge in [-0.15, -0.1) is 0 Å². The number of nitrogens with zero attached hydrogens (tertiary/aromatic N) is 1. The largest absolute Gasteiger partial charge is 0.489 e. The van der Waals surface area contributed by atoms with Crippen LogP contribution in [-0.4, -0.2) is 30.4 Å². The quantitative estimate of drug-likeness (QED) is 0.890. The molecular weight excluding hydrogens is 288 g/mol. The number of nitrogens with one attached hydrogen (secondary N) is 1. The number of hydrogen-bond acceptors (Lipinski definition) is 3. The lowest BCUT2D eigenvalue weighted by atomic mass is 10.2. The van der Waals surface area contributed by atoms with E-state index >= 15 is 0 Å². The molecule has 2 aromatic rings. The van der Waals surface area contributed by atoms with Crippen LogP contribution in [0.5, 0.6) is 5.75 Å². The summed E-state index contributed by atoms with van der Waals surface area (Å²) in [6, 6.07) is 17.8. The van der Waals surface area contributed by atoms with E-state index in [0.29, 0.717) is 13.2 Å². The van der Waals surface area contributed by atoms with Crippen LogP contribution in [0, 0.1) is 0 Å². The van der Waals surface area contributed by atoms with Crippen molar-refractivity contribution < 1.29 is 9.53 Å². The third-order valence-electron chi connectivity index (χ3n) is 4.01. The van der Waals surface area contributed by atoms with Crippen LogP contribution in [0.25, 0.3) is 0 Å². The molecule has 4 heteroatoms. The van der Waals surface area contributed by atoms with Crippen molar-refractivity contribution in [1.82, 2.24) is 4.90 Å². The molecule has 120 valence electrons. The van der Waals surface area contributed by atoms with E-state index in [1.807, 2.05) is 59.5 Å². The normalized spacial score (nSPS) is 13.8. The first kappa shape index (κ1) is 15.4. The number of amides is 1. The Labute approximate surface area is 137 Å². The van der Waals surface area contributed by atoms with Crippen molar-refractivity contribution in [2.24, 2.45) is 0 Å². The smallest absolute Gasteiger partial charge is 0.241 e. The molecule has 4 nitrogen and oxygen atoms in total. The van der Waals surface area contributed by atoms with E-state index in [-0.39, 0.29) is 5.91 Å². The minimum absolute atomic E-state index is 0.173. The molecule has 3 rings (SSSR count). The summed E-state index contributed by atoms with van der Waals surface area (Å²) in [5.74, 6) is 0.997. The Bertz CT molecular complexity index is 620. The van der Waals surface area contributed by atoms with Gasteiger partial charge in [-0.1, -0.05) is 30.3 Å². The Morgan fingerprint density at radius 2 is 1.70 bits per heavy atom. The van der Waals surface area contributed by atoms with Gasteiger partial charge in [0, 0.05) is 18.8 Å². The Hall–Kier alpha value is -2.49. The van der Waals surface area contributed by atoms with Gasteiger partial charge in [0.1, 0.15) is 12.4 Å². The zero-order chi connectivity index (χ0) is 15.9. The van der Waals surface area contributed by atoms with Gasteiger partial charge in [0.2, 0.25) is 5.91 Å². The molecule has 0 saturated carbocycles. The van der Waals surface area contributed by atoms with E-state index in [9.17, 15) is 4.79 Å². The molecule has 1 heterocycles. The number of hydrogen-bond donors (Lipinski definition) is 1. The van der Waals surface area contributed by atoms with Gasteiger partial charge in [0.25, 0.3) is 0 Å². The highest BCUT2D eigenvalue weighted by Gasteiger charge is 2.17. The molecular formula is C19H22N2O2. The van der Waals surface area contributed by atoms with Crippen molar-refractivity contribution in [3.05, 3.63) is 60.2 Å². The average Bonchev–Trinajstić information content (AvgIpc) is 3.14. The zero-order valence-electron chi connectivity index (χ0n) is 13.2. The van der Waals surface area contributed by atoms with E-state index in [1.165, 1.54) is 0 Å². The Kier molecular flexibility index (Phi) is 5.14. The second-order valence-corrected chi connectivity index (χ2v) is 5.74. The molecule has 1 saturated heterocycles. The van der Waals surface area contributed by atoms with Gasteiger partial charge in [-0.25, -0.2) is 0 Å². The Balaban J connectivity index is 1.46. The molecule has 1 amide bonds. The SMILES string of the molecule is O=C(CNc1ccc(OCc2ccccc2)cc1)N1CCCC1. The van der Waals surface area contributed by atoms with Crippen LogP contribution in [-0.2, 0) is 11.4 Å². The number of carbonyl (C=O) groups is 1. The summed E-state index contributed by atoms with van der Waals surface area (Å²) in [6.45, 7) is 2.70. The molecule has 0 aromatic heterocycles. The lowest BCUT2D eigenvalue weighted by Gasteiger charge is -2.16. The van der Waals surface area contributed by atoms with Crippen molar-refractivity contribution >= 4 is 11.6 Å². The summed E-state index contributed by atoms with van der Waals surface area (Å²) in [4.78, 5) is 13.9. The van der Waals surface area contributed by atoms with Gasteiger partial charge in [-0.3, -0.25) is 4.79 Å². The lowest BCUT2D eigenvalue weighted by molar-refractivity contribution is -0.128. The molecule has 1 aliphatic rings. The van der Waals surface area contributed by atoms with Gasteiger partial charge < -0.3 is 15.0 Å². The first-order valence-electron chi connectivity index (χ1n) is 8.10. The summed E-state index contributed by atoms with van der Waals surface area (Å²) in [5, 5.41) is 3.18. The van der Waals surface area contributed by atoms with Crippen LogP contribution in [0.4, 0.5) is 5.69 Å². The maximum atomic E-state index is 12.0. The van der Waals surface area contributed by atoms with Gasteiger partial charge in [0.05, 0.1) is 6.54 Å². The van der Waals surface area contributed by atoms with Gasteiger partial charge in [-0.2, -0.15) is 0 Å². The fourth-order valence-electron chi connectivity index (χ4n) is 2.67. The van der Waals surface area contributed by atoms with Crippen molar-refractivity contribution in [2.45, 2.75) is 19.4 Å². The Morgan fingerprint density at radius 3 is 2.39 bits per heavy atom. The average molecular weight is 310 g/mol. The highest BCUT2D eigenvalue weighted by molar-refractivity contribution is 5.81. The summed E-state index contributed by atoms with van der Waals surface area (Å²) >= 11 is 0. The monoisotopic (exact) mass is 310 g/mol. The Morgan fingerprint density at radius 1 is 1.00 bits per heavy atom.